The molecule has 1 aromatic heterocycles. The number of rotatable bonds is 2. The van der Waals surface area contributed by atoms with Crippen molar-refractivity contribution in [3.8, 4) is 0 Å². The molecule has 0 radical (unpaired) electrons. The minimum atomic E-state index is -0.348. The Morgan fingerprint density at radius 3 is 2.95 bits per heavy atom. The summed E-state index contributed by atoms with van der Waals surface area (Å²) in [5, 5.41) is 9.58. The van der Waals surface area contributed by atoms with Gasteiger partial charge in [-0.25, -0.2) is 4.39 Å². The number of carbonyl (C=O) groups excluding carboxylic acids is 1. The second-order valence-electron chi connectivity index (χ2n) is 4.96. The van der Waals surface area contributed by atoms with Crippen LogP contribution < -0.4 is 0 Å². The maximum Gasteiger partial charge on any atom is 0.289 e. The Bertz CT molecular complexity index is 643. The molecule has 1 aliphatic heterocycles. The summed E-state index contributed by atoms with van der Waals surface area (Å²) in [6.45, 7) is 2.93. The fourth-order valence-electron chi connectivity index (χ4n) is 2.39. The van der Waals surface area contributed by atoms with Crippen LogP contribution in [-0.4, -0.2) is 35.6 Å². The second-order valence-corrected chi connectivity index (χ2v) is 4.96. The summed E-state index contributed by atoms with van der Waals surface area (Å²) >= 11 is 0. The van der Waals surface area contributed by atoms with Crippen molar-refractivity contribution >= 4 is 16.9 Å². The maximum absolute atomic E-state index is 13.2. The highest BCUT2D eigenvalue weighted by Gasteiger charge is 2.33. The SMILES string of the molecule is Cc1c(C(=O)N2CC(CO)C2)oc2ccc(F)cc12. The van der Waals surface area contributed by atoms with Gasteiger partial charge in [0.2, 0.25) is 0 Å². The maximum atomic E-state index is 13.2. The van der Waals surface area contributed by atoms with Crippen molar-refractivity contribution in [2.75, 3.05) is 19.7 Å². The molecule has 0 bridgehead atoms. The van der Waals surface area contributed by atoms with E-state index in [1.165, 1.54) is 18.2 Å². The number of nitrogens with zero attached hydrogens (tertiary/aromatic N) is 1. The van der Waals surface area contributed by atoms with Gasteiger partial charge >= 0.3 is 0 Å². The Kier molecular flexibility index (Phi) is 2.78. The number of likely N-dealkylation sites (tertiary alicyclic amines) is 1. The van der Waals surface area contributed by atoms with E-state index in [9.17, 15) is 9.18 Å². The minimum absolute atomic E-state index is 0.0914. The van der Waals surface area contributed by atoms with Gasteiger partial charge in [0, 0.05) is 36.6 Å². The molecule has 19 heavy (non-hydrogen) atoms. The molecule has 1 saturated heterocycles. The highest BCUT2D eigenvalue weighted by molar-refractivity contribution is 5.99. The number of carbonyl (C=O) groups is 1. The number of amides is 1. The first-order chi connectivity index (χ1) is 9.10. The van der Waals surface area contributed by atoms with E-state index in [1.54, 1.807) is 11.8 Å². The summed E-state index contributed by atoms with van der Waals surface area (Å²) in [5.41, 5.74) is 1.17. The van der Waals surface area contributed by atoms with Crippen molar-refractivity contribution in [2.45, 2.75) is 6.92 Å². The summed E-state index contributed by atoms with van der Waals surface area (Å²) in [6.07, 6.45) is 0. The number of aryl methyl sites for hydroxylation is 1. The van der Waals surface area contributed by atoms with Crippen molar-refractivity contribution in [2.24, 2.45) is 5.92 Å². The van der Waals surface area contributed by atoms with Crippen LogP contribution >= 0.6 is 0 Å². The Hall–Kier alpha value is -1.88. The van der Waals surface area contributed by atoms with Gasteiger partial charge < -0.3 is 14.4 Å². The molecule has 2 heterocycles. The third kappa shape index (κ3) is 1.90. The number of benzene rings is 1. The van der Waals surface area contributed by atoms with E-state index < -0.39 is 0 Å². The smallest absolute Gasteiger partial charge is 0.289 e. The number of hydrogen-bond acceptors (Lipinski definition) is 3. The van der Waals surface area contributed by atoms with Gasteiger partial charge in [0.25, 0.3) is 5.91 Å². The first-order valence-electron chi connectivity index (χ1n) is 6.19. The first kappa shape index (κ1) is 12.2. The van der Waals surface area contributed by atoms with Gasteiger partial charge in [-0.05, 0) is 25.1 Å². The lowest BCUT2D eigenvalue weighted by molar-refractivity contribution is 0.0335. The normalized spacial score (nSPS) is 15.8. The third-order valence-electron chi connectivity index (χ3n) is 3.60. The molecule has 1 amide bonds. The predicted molar refractivity (Wildman–Crippen MR) is 67.4 cm³/mol. The molecule has 0 spiro atoms. The van der Waals surface area contributed by atoms with Crippen LogP contribution in [0.25, 0.3) is 11.0 Å². The summed E-state index contributed by atoms with van der Waals surface area (Å²) < 4.78 is 18.7. The Morgan fingerprint density at radius 1 is 1.53 bits per heavy atom. The van der Waals surface area contributed by atoms with Crippen molar-refractivity contribution in [1.29, 1.82) is 0 Å². The van der Waals surface area contributed by atoms with E-state index in [4.69, 9.17) is 9.52 Å². The summed E-state index contributed by atoms with van der Waals surface area (Å²) in [5.74, 6) is -0.124. The van der Waals surface area contributed by atoms with Crippen molar-refractivity contribution in [3.63, 3.8) is 0 Å². The number of halogens is 1. The molecule has 4 nitrogen and oxygen atoms in total. The minimum Gasteiger partial charge on any atom is -0.451 e. The molecule has 0 saturated carbocycles. The Balaban J connectivity index is 1.93. The van der Waals surface area contributed by atoms with E-state index >= 15 is 0 Å². The van der Waals surface area contributed by atoms with Crippen molar-refractivity contribution in [3.05, 3.63) is 35.3 Å². The quantitative estimate of drug-likeness (QED) is 0.901. The van der Waals surface area contributed by atoms with Crippen LogP contribution in [0.2, 0.25) is 0 Å². The zero-order chi connectivity index (χ0) is 13.6. The van der Waals surface area contributed by atoms with Gasteiger partial charge in [0.1, 0.15) is 11.4 Å². The molecule has 0 unspecified atom stereocenters. The van der Waals surface area contributed by atoms with Crippen molar-refractivity contribution < 1.29 is 18.7 Å². The van der Waals surface area contributed by atoms with Crippen LogP contribution in [-0.2, 0) is 0 Å². The number of furan rings is 1. The van der Waals surface area contributed by atoms with Gasteiger partial charge in [-0.1, -0.05) is 0 Å². The fraction of sp³-hybridized carbons (Fsp3) is 0.357. The number of fused-ring (bicyclic) bond motifs is 1. The average molecular weight is 263 g/mol. The van der Waals surface area contributed by atoms with Gasteiger partial charge in [-0.2, -0.15) is 0 Å². The number of aliphatic hydroxyl groups is 1. The average Bonchev–Trinajstić information content (AvgIpc) is 2.65. The topological polar surface area (TPSA) is 53.7 Å². The molecule has 1 fully saturated rings. The van der Waals surface area contributed by atoms with Gasteiger partial charge in [-0.3, -0.25) is 4.79 Å². The molecule has 0 atom stereocenters. The summed E-state index contributed by atoms with van der Waals surface area (Å²) in [4.78, 5) is 13.8. The Morgan fingerprint density at radius 2 is 2.26 bits per heavy atom. The van der Waals surface area contributed by atoms with Crippen LogP contribution in [0, 0.1) is 18.7 Å². The molecule has 0 aliphatic carbocycles. The van der Waals surface area contributed by atoms with E-state index in [1.807, 2.05) is 0 Å². The predicted octanol–water partition coefficient (Wildman–Crippen LogP) is 1.94. The molecule has 3 rings (SSSR count). The molecule has 5 heteroatoms. The molecule has 1 aromatic carbocycles. The number of hydrogen-bond donors (Lipinski definition) is 1. The zero-order valence-corrected chi connectivity index (χ0v) is 10.5. The molecular weight excluding hydrogens is 249 g/mol. The monoisotopic (exact) mass is 263 g/mol. The lowest BCUT2D eigenvalue weighted by Crippen LogP contribution is -2.51. The standard InChI is InChI=1S/C14H14FNO3/c1-8-11-4-10(15)2-3-12(11)19-13(8)14(18)16-5-9(6-16)7-17/h2-4,9,17H,5-7H2,1H3. The van der Waals surface area contributed by atoms with E-state index in [0.717, 1.165) is 0 Å². The summed E-state index contributed by atoms with van der Waals surface area (Å²) in [6, 6.07) is 4.21. The van der Waals surface area contributed by atoms with Crippen LogP contribution in [0.5, 0.6) is 0 Å². The van der Waals surface area contributed by atoms with Crippen LogP contribution in [0.15, 0.2) is 22.6 Å². The van der Waals surface area contributed by atoms with E-state index in [-0.39, 0.29) is 30.0 Å². The zero-order valence-electron chi connectivity index (χ0n) is 10.5. The van der Waals surface area contributed by atoms with Gasteiger partial charge in [0.15, 0.2) is 5.76 Å². The van der Waals surface area contributed by atoms with E-state index in [0.29, 0.717) is 29.6 Å². The van der Waals surface area contributed by atoms with Gasteiger partial charge in [0.05, 0.1) is 0 Å². The summed E-state index contributed by atoms with van der Waals surface area (Å²) in [7, 11) is 0. The molecule has 1 N–H and O–H groups in total. The molecule has 2 aromatic rings. The highest BCUT2D eigenvalue weighted by Crippen LogP contribution is 2.28. The number of aliphatic hydroxyl groups excluding tert-OH is 1. The van der Waals surface area contributed by atoms with Crippen LogP contribution in [0.1, 0.15) is 16.1 Å². The Labute approximate surface area is 109 Å². The fourth-order valence-corrected chi connectivity index (χ4v) is 2.39. The third-order valence-corrected chi connectivity index (χ3v) is 3.60. The first-order valence-corrected chi connectivity index (χ1v) is 6.19. The largest absolute Gasteiger partial charge is 0.451 e. The van der Waals surface area contributed by atoms with Gasteiger partial charge in [-0.15, -0.1) is 0 Å². The van der Waals surface area contributed by atoms with Crippen LogP contribution in [0.3, 0.4) is 0 Å². The van der Waals surface area contributed by atoms with E-state index in [2.05, 4.69) is 0 Å². The highest BCUT2D eigenvalue weighted by atomic mass is 19.1. The van der Waals surface area contributed by atoms with Crippen molar-refractivity contribution in [1.82, 2.24) is 4.90 Å². The lowest BCUT2D eigenvalue weighted by atomic mass is 10.0. The van der Waals surface area contributed by atoms with Crippen LogP contribution in [0.4, 0.5) is 4.39 Å². The molecule has 1 aliphatic rings. The molecular formula is C14H14FNO3. The lowest BCUT2D eigenvalue weighted by Gasteiger charge is -2.37. The second kappa shape index (κ2) is 4.35. The molecule has 100 valence electrons.